The van der Waals surface area contributed by atoms with Crippen LogP contribution in [0.25, 0.3) is 0 Å². The van der Waals surface area contributed by atoms with Crippen LogP contribution in [-0.2, 0) is 17.7 Å². The van der Waals surface area contributed by atoms with Crippen molar-refractivity contribution in [1.82, 2.24) is 10.2 Å². The van der Waals surface area contributed by atoms with Gasteiger partial charge in [-0.1, -0.05) is 11.6 Å². The largest absolute Gasteiger partial charge is 0.503 e. The van der Waals surface area contributed by atoms with Crippen molar-refractivity contribution in [3.63, 3.8) is 0 Å². The smallest absolute Gasteiger partial charge is 0.410 e. The third-order valence-electron chi connectivity index (χ3n) is 4.96. The number of thiophene rings is 1. The van der Waals surface area contributed by atoms with Crippen LogP contribution in [0.15, 0.2) is 12.1 Å². The van der Waals surface area contributed by atoms with Crippen LogP contribution in [0.3, 0.4) is 0 Å². The number of halogens is 1. The zero-order chi connectivity index (χ0) is 20.7. The Labute approximate surface area is 176 Å². The minimum Gasteiger partial charge on any atom is -0.503 e. The molecule has 0 radical (unpaired) electrons. The number of hydrogen-bond acceptors (Lipinski definition) is 7. The number of phenolic OH excluding ortho intramolecular Hbond substituents is 1. The molecule has 4 rings (SSSR count). The van der Waals surface area contributed by atoms with Gasteiger partial charge in [0, 0.05) is 11.4 Å². The van der Waals surface area contributed by atoms with Gasteiger partial charge in [-0.25, -0.2) is 4.79 Å². The highest BCUT2D eigenvalue weighted by Gasteiger charge is 2.34. The molecule has 8 nitrogen and oxygen atoms in total. The molecule has 3 heterocycles. The Morgan fingerprint density at radius 3 is 2.93 bits per heavy atom. The highest BCUT2D eigenvalue weighted by atomic mass is 35.5. The summed E-state index contributed by atoms with van der Waals surface area (Å²) in [5.41, 5.74) is 2.25. The molecule has 154 valence electrons. The molecule has 0 spiro atoms. The van der Waals surface area contributed by atoms with Crippen LogP contribution < -0.4 is 15.4 Å². The lowest BCUT2D eigenvalue weighted by Gasteiger charge is -2.28. The van der Waals surface area contributed by atoms with Gasteiger partial charge in [-0.15, -0.1) is 11.3 Å². The van der Waals surface area contributed by atoms with Gasteiger partial charge >= 0.3 is 6.09 Å². The topological polar surface area (TPSA) is 100 Å². The van der Waals surface area contributed by atoms with E-state index in [1.807, 2.05) is 0 Å². The molecule has 1 unspecified atom stereocenters. The van der Waals surface area contributed by atoms with E-state index >= 15 is 0 Å². The summed E-state index contributed by atoms with van der Waals surface area (Å²) in [4.78, 5) is 27.5. The molecular weight excluding hydrogens is 418 g/mol. The maximum atomic E-state index is 12.9. The summed E-state index contributed by atoms with van der Waals surface area (Å²) in [5.74, 6) is -0.106. The molecule has 2 aliphatic heterocycles. The van der Waals surface area contributed by atoms with E-state index in [1.54, 1.807) is 24.0 Å². The van der Waals surface area contributed by atoms with Crippen molar-refractivity contribution >= 4 is 39.9 Å². The van der Waals surface area contributed by atoms with Gasteiger partial charge in [-0.05, 0) is 36.6 Å². The van der Waals surface area contributed by atoms with Gasteiger partial charge in [0.25, 0.3) is 5.91 Å². The summed E-state index contributed by atoms with van der Waals surface area (Å²) in [6.07, 6.45) is -0.271. The molecule has 0 aliphatic carbocycles. The van der Waals surface area contributed by atoms with Crippen molar-refractivity contribution in [1.29, 1.82) is 0 Å². The molecule has 10 heteroatoms. The van der Waals surface area contributed by atoms with Crippen LogP contribution in [0.4, 0.5) is 9.80 Å². The van der Waals surface area contributed by atoms with E-state index < -0.39 is 6.17 Å². The summed E-state index contributed by atoms with van der Waals surface area (Å²) in [6, 6.07) is 3.21. The van der Waals surface area contributed by atoms with Gasteiger partial charge in [0.05, 0.1) is 30.8 Å². The van der Waals surface area contributed by atoms with E-state index in [9.17, 15) is 14.7 Å². The Morgan fingerprint density at radius 2 is 2.21 bits per heavy atom. The van der Waals surface area contributed by atoms with Crippen molar-refractivity contribution in [2.45, 2.75) is 26.1 Å². The Morgan fingerprint density at radius 1 is 1.41 bits per heavy atom. The SMILES string of the molecule is CCOC(=O)N1CCc2c(sc3c2C(=O)NC(c2cc(Cl)c(O)c(OC)c2)N3)C1. The Balaban J connectivity index is 1.62. The third-order valence-corrected chi connectivity index (χ3v) is 6.40. The number of aromatic hydroxyl groups is 1. The molecule has 1 aromatic heterocycles. The fourth-order valence-electron chi connectivity index (χ4n) is 3.57. The molecule has 3 N–H and O–H groups in total. The first-order valence-electron chi connectivity index (χ1n) is 9.13. The predicted molar refractivity (Wildman–Crippen MR) is 109 cm³/mol. The zero-order valence-electron chi connectivity index (χ0n) is 15.9. The summed E-state index contributed by atoms with van der Waals surface area (Å²) in [7, 11) is 1.43. The van der Waals surface area contributed by atoms with Gasteiger partial charge in [-0.2, -0.15) is 0 Å². The van der Waals surface area contributed by atoms with Crippen LogP contribution in [-0.4, -0.2) is 42.3 Å². The molecular formula is C19H20ClN3O5S. The van der Waals surface area contributed by atoms with Crippen LogP contribution in [0.1, 0.15) is 39.5 Å². The van der Waals surface area contributed by atoms with Gasteiger partial charge in [0.1, 0.15) is 11.2 Å². The highest BCUT2D eigenvalue weighted by Crippen LogP contribution is 2.42. The Kier molecular flexibility index (Phi) is 5.18. The van der Waals surface area contributed by atoms with Crippen molar-refractivity contribution < 1.29 is 24.2 Å². The minimum absolute atomic E-state index is 0.136. The van der Waals surface area contributed by atoms with Crippen molar-refractivity contribution in [2.75, 3.05) is 25.6 Å². The number of nitrogens with zero attached hydrogens (tertiary/aromatic N) is 1. The fraction of sp³-hybridized carbons (Fsp3) is 0.368. The number of carbonyl (C=O) groups is 2. The number of anilines is 1. The van der Waals surface area contributed by atoms with Crippen LogP contribution >= 0.6 is 22.9 Å². The lowest BCUT2D eigenvalue weighted by molar-refractivity contribution is 0.0934. The number of carbonyl (C=O) groups excluding carboxylic acids is 2. The number of hydrogen-bond donors (Lipinski definition) is 3. The molecule has 1 atom stereocenters. The molecule has 0 fully saturated rings. The summed E-state index contributed by atoms with van der Waals surface area (Å²) in [5, 5.41) is 17.1. The molecule has 0 saturated carbocycles. The average Bonchev–Trinajstić information content (AvgIpc) is 3.08. The number of ether oxygens (including phenoxy) is 2. The standard InChI is InChI=1S/C19H20ClN3O5S/c1-3-28-19(26)23-5-4-10-13(8-23)29-18-14(10)17(25)21-16(22-18)9-6-11(20)15(24)12(7-9)27-2/h6-7,16,22,24H,3-5,8H2,1-2H3,(H,21,25). The van der Waals surface area contributed by atoms with Crippen molar-refractivity contribution in [3.8, 4) is 11.5 Å². The van der Waals surface area contributed by atoms with Crippen molar-refractivity contribution in [2.24, 2.45) is 0 Å². The summed E-state index contributed by atoms with van der Waals surface area (Å²) in [6.45, 7) is 3.03. The second-order valence-corrected chi connectivity index (χ2v) is 8.20. The quantitative estimate of drug-likeness (QED) is 0.679. The van der Waals surface area contributed by atoms with E-state index in [0.29, 0.717) is 37.2 Å². The van der Waals surface area contributed by atoms with E-state index in [2.05, 4.69) is 10.6 Å². The summed E-state index contributed by atoms with van der Waals surface area (Å²) < 4.78 is 10.2. The predicted octanol–water partition coefficient (Wildman–Crippen LogP) is 3.48. The first-order valence-corrected chi connectivity index (χ1v) is 10.3. The monoisotopic (exact) mass is 437 g/mol. The van der Waals surface area contributed by atoms with Crippen LogP contribution in [0, 0.1) is 0 Å². The van der Waals surface area contributed by atoms with Crippen molar-refractivity contribution in [3.05, 3.63) is 38.7 Å². The lowest BCUT2D eigenvalue weighted by Crippen LogP contribution is -2.39. The van der Waals surface area contributed by atoms with Gasteiger partial charge in [-0.3, -0.25) is 4.79 Å². The number of methoxy groups -OCH3 is 1. The van der Waals surface area contributed by atoms with Gasteiger partial charge < -0.3 is 30.1 Å². The summed E-state index contributed by atoms with van der Waals surface area (Å²) >= 11 is 7.55. The number of fused-ring (bicyclic) bond motifs is 3. The zero-order valence-corrected chi connectivity index (χ0v) is 17.4. The first-order chi connectivity index (χ1) is 13.9. The fourth-order valence-corrected chi connectivity index (χ4v) is 5.08. The van der Waals surface area contributed by atoms with E-state index in [0.717, 1.165) is 15.4 Å². The highest BCUT2D eigenvalue weighted by molar-refractivity contribution is 7.16. The maximum absolute atomic E-state index is 12.9. The van der Waals surface area contributed by atoms with E-state index in [-0.39, 0.29) is 28.5 Å². The normalized spacial score (nSPS) is 17.7. The van der Waals surface area contributed by atoms with Gasteiger partial charge in [0.2, 0.25) is 0 Å². The molecule has 1 aromatic carbocycles. The number of amides is 2. The average molecular weight is 438 g/mol. The van der Waals surface area contributed by atoms with E-state index in [4.69, 9.17) is 21.1 Å². The molecule has 2 aliphatic rings. The first kappa shape index (κ1) is 19.7. The molecule has 2 aromatic rings. The second-order valence-electron chi connectivity index (χ2n) is 6.68. The lowest BCUT2D eigenvalue weighted by atomic mass is 10.0. The molecule has 29 heavy (non-hydrogen) atoms. The Hall–Kier alpha value is -2.65. The minimum atomic E-state index is -0.525. The maximum Gasteiger partial charge on any atom is 0.410 e. The number of nitrogens with one attached hydrogen (secondary N) is 2. The second kappa shape index (κ2) is 7.64. The number of phenols is 1. The molecule has 0 bridgehead atoms. The van der Waals surface area contributed by atoms with Crippen LogP contribution in [0.5, 0.6) is 11.5 Å². The molecule has 0 saturated heterocycles. The Bertz CT molecular complexity index is 993. The van der Waals surface area contributed by atoms with E-state index in [1.165, 1.54) is 18.4 Å². The van der Waals surface area contributed by atoms with Crippen LogP contribution in [0.2, 0.25) is 5.02 Å². The number of benzene rings is 1. The third kappa shape index (κ3) is 3.44. The molecule has 2 amide bonds. The van der Waals surface area contributed by atoms with Gasteiger partial charge in [0.15, 0.2) is 11.5 Å². The number of rotatable bonds is 3.